The quantitative estimate of drug-likeness (QED) is 0.821. The van der Waals surface area contributed by atoms with Gasteiger partial charge in [0.2, 0.25) is 0 Å². The SMILES string of the molecule is N#CC1(c2ccccc2)CC(Nc2cccc(Cl)c2Br)C1. The number of benzene rings is 2. The molecule has 0 atom stereocenters. The van der Waals surface area contributed by atoms with Crippen molar-refractivity contribution in [1.29, 1.82) is 5.26 Å². The summed E-state index contributed by atoms with van der Waals surface area (Å²) in [6, 6.07) is 18.6. The van der Waals surface area contributed by atoms with Gasteiger partial charge in [0.25, 0.3) is 0 Å². The summed E-state index contributed by atoms with van der Waals surface area (Å²) < 4.78 is 0.876. The number of halogens is 2. The molecule has 1 N–H and O–H groups in total. The number of anilines is 1. The maximum absolute atomic E-state index is 9.56. The van der Waals surface area contributed by atoms with E-state index < -0.39 is 0 Å². The van der Waals surface area contributed by atoms with Crippen LogP contribution in [0.15, 0.2) is 53.0 Å². The average Bonchev–Trinajstić information content (AvgIpc) is 2.48. The molecule has 106 valence electrons. The molecule has 0 saturated heterocycles. The summed E-state index contributed by atoms with van der Waals surface area (Å²) in [7, 11) is 0. The molecule has 2 aromatic carbocycles. The highest BCUT2D eigenvalue weighted by molar-refractivity contribution is 9.10. The normalized spacial score (nSPS) is 24.0. The average molecular weight is 362 g/mol. The van der Waals surface area contributed by atoms with E-state index in [-0.39, 0.29) is 5.41 Å². The van der Waals surface area contributed by atoms with Crippen LogP contribution in [0.4, 0.5) is 5.69 Å². The predicted molar refractivity (Wildman–Crippen MR) is 89.5 cm³/mol. The van der Waals surface area contributed by atoms with Gasteiger partial charge in [0.05, 0.1) is 26.7 Å². The molecule has 0 heterocycles. The van der Waals surface area contributed by atoms with Gasteiger partial charge in [-0.2, -0.15) is 5.26 Å². The molecule has 1 fully saturated rings. The van der Waals surface area contributed by atoms with E-state index in [1.807, 2.05) is 48.5 Å². The predicted octanol–water partition coefficient (Wildman–Crippen LogP) is 5.14. The summed E-state index contributed by atoms with van der Waals surface area (Å²) >= 11 is 9.59. The van der Waals surface area contributed by atoms with E-state index in [2.05, 4.69) is 27.3 Å². The minimum atomic E-state index is -0.357. The lowest BCUT2D eigenvalue weighted by atomic mass is 9.62. The van der Waals surface area contributed by atoms with Crippen molar-refractivity contribution in [2.24, 2.45) is 0 Å². The Morgan fingerprint density at radius 2 is 1.86 bits per heavy atom. The van der Waals surface area contributed by atoms with Crippen molar-refractivity contribution in [3.05, 3.63) is 63.6 Å². The van der Waals surface area contributed by atoms with Crippen LogP contribution in [0.1, 0.15) is 18.4 Å². The van der Waals surface area contributed by atoms with Crippen LogP contribution in [0, 0.1) is 11.3 Å². The Morgan fingerprint density at radius 1 is 1.14 bits per heavy atom. The van der Waals surface area contributed by atoms with Crippen LogP contribution >= 0.6 is 27.5 Å². The van der Waals surface area contributed by atoms with Crippen LogP contribution in [0.2, 0.25) is 5.02 Å². The second kappa shape index (κ2) is 5.71. The van der Waals surface area contributed by atoms with Crippen LogP contribution in [0.25, 0.3) is 0 Å². The maximum Gasteiger partial charge on any atom is 0.0861 e. The van der Waals surface area contributed by atoms with Gasteiger partial charge in [-0.1, -0.05) is 48.0 Å². The van der Waals surface area contributed by atoms with Crippen LogP contribution in [-0.2, 0) is 5.41 Å². The second-order valence-electron chi connectivity index (χ2n) is 5.41. The molecular weight excluding hydrogens is 348 g/mol. The molecule has 3 rings (SSSR count). The second-order valence-corrected chi connectivity index (χ2v) is 6.61. The van der Waals surface area contributed by atoms with E-state index in [1.54, 1.807) is 0 Å². The van der Waals surface area contributed by atoms with Crippen molar-refractivity contribution in [3.63, 3.8) is 0 Å². The third kappa shape index (κ3) is 2.66. The first-order valence-electron chi connectivity index (χ1n) is 6.82. The van der Waals surface area contributed by atoms with Gasteiger partial charge in [-0.3, -0.25) is 0 Å². The van der Waals surface area contributed by atoms with Crippen LogP contribution in [-0.4, -0.2) is 6.04 Å². The van der Waals surface area contributed by atoms with E-state index >= 15 is 0 Å². The monoisotopic (exact) mass is 360 g/mol. The van der Waals surface area contributed by atoms with Gasteiger partial charge < -0.3 is 5.32 Å². The Balaban J connectivity index is 1.73. The molecule has 1 saturated carbocycles. The molecule has 0 amide bonds. The molecule has 4 heteroatoms. The van der Waals surface area contributed by atoms with Crippen molar-refractivity contribution in [2.45, 2.75) is 24.3 Å². The van der Waals surface area contributed by atoms with Crippen LogP contribution < -0.4 is 5.32 Å². The topological polar surface area (TPSA) is 35.8 Å². The Hall–Kier alpha value is -1.50. The lowest BCUT2D eigenvalue weighted by Gasteiger charge is -2.43. The number of nitrogens with zero attached hydrogens (tertiary/aromatic N) is 1. The van der Waals surface area contributed by atoms with E-state index in [0.717, 1.165) is 28.6 Å². The fraction of sp³-hybridized carbons (Fsp3) is 0.235. The summed E-state index contributed by atoms with van der Waals surface area (Å²) in [6.45, 7) is 0. The summed E-state index contributed by atoms with van der Waals surface area (Å²) in [5.74, 6) is 0. The van der Waals surface area contributed by atoms with Gasteiger partial charge in [-0.15, -0.1) is 0 Å². The Kier molecular flexibility index (Phi) is 3.93. The Labute approximate surface area is 137 Å². The first-order valence-corrected chi connectivity index (χ1v) is 7.99. The zero-order valence-electron chi connectivity index (χ0n) is 11.3. The molecular formula is C17H14BrClN2. The fourth-order valence-corrected chi connectivity index (χ4v) is 3.42. The fourth-order valence-electron chi connectivity index (χ4n) is 2.87. The molecule has 1 aliphatic carbocycles. The molecule has 0 bridgehead atoms. The standard InChI is InChI=1S/C17H14BrClN2/c18-16-14(19)7-4-8-15(16)21-13-9-17(10-13,11-20)12-5-2-1-3-6-12/h1-8,13,21H,9-10H2. The number of hydrogen-bond donors (Lipinski definition) is 1. The summed E-state index contributed by atoms with van der Waals surface area (Å²) in [6.07, 6.45) is 1.62. The van der Waals surface area contributed by atoms with Gasteiger partial charge >= 0.3 is 0 Å². The lowest BCUT2D eigenvalue weighted by Crippen LogP contribution is -2.47. The van der Waals surface area contributed by atoms with Crippen LogP contribution in [0.3, 0.4) is 0 Å². The van der Waals surface area contributed by atoms with Crippen molar-refractivity contribution in [1.82, 2.24) is 0 Å². The summed E-state index contributed by atoms with van der Waals surface area (Å²) in [5, 5.41) is 13.7. The number of nitriles is 1. The zero-order valence-corrected chi connectivity index (χ0v) is 13.7. The van der Waals surface area contributed by atoms with E-state index in [0.29, 0.717) is 11.1 Å². The highest BCUT2D eigenvalue weighted by Crippen LogP contribution is 2.45. The van der Waals surface area contributed by atoms with Crippen molar-refractivity contribution >= 4 is 33.2 Å². The minimum Gasteiger partial charge on any atom is -0.381 e. The van der Waals surface area contributed by atoms with Gasteiger partial charge in [-0.25, -0.2) is 0 Å². The van der Waals surface area contributed by atoms with Gasteiger partial charge in [0, 0.05) is 6.04 Å². The van der Waals surface area contributed by atoms with Gasteiger partial charge in [0.1, 0.15) is 0 Å². The largest absolute Gasteiger partial charge is 0.381 e. The lowest BCUT2D eigenvalue weighted by molar-refractivity contribution is 0.289. The summed E-state index contributed by atoms with van der Waals surface area (Å²) in [5.41, 5.74) is 1.73. The Morgan fingerprint density at radius 3 is 2.52 bits per heavy atom. The summed E-state index contributed by atoms with van der Waals surface area (Å²) in [4.78, 5) is 0. The first-order chi connectivity index (χ1) is 10.1. The highest BCUT2D eigenvalue weighted by atomic mass is 79.9. The van der Waals surface area contributed by atoms with Gasteiger partial charge in [0.15, 0.2) is 0 Å². The molecule has 21 heavy (non-hydrogen) atoms. The smallest absolute Gasteiger partial charge is 0.0861 e. The molecule has 1 aliphatic rings. The van der Waals surface area contributed by atoms with E-state index in [9.17, 15) is 5.26 Å². The molecule has 2 aromatic rings. The van der Waals surface area contributed by atoms with Crippen molar-refractivity contribution in [2.75, 3.05) is 5.32 Å². The van der Waals surface area contributed by atoms with Gasteiger partial charge in [-0.05, 0) is 46.5 Å². The molecule has 2 nitrogen and oxygen atoms in total. The Bertz CT molecular complexity index is 688. The minimum absolute atomic E-state index is 0.291. The molecule has 0 aliphatic heterocycles. The highest BCUT2D eigenvalue weighted by Gasteiger charge is 2.46. The van der Waals surface area contributed by atoms with Crippen molar-refractivity contribution in [3.8, 4) is 6.07 Å². The first kappa shape index (κ1) is 14.4. The van der Waals surface area contributed by atoms with E-state index in [1.165, 1.54) is 0 Å². The van der Waals surface area contributed by atoms with Crippen LogP contribution in [0.5, 0.6) is 0 Å². The molecule has 0 unspecified atom stereocenters. The van der Waals surface area contributed by atoms with Crippen molar-refractivity contribution < 1.29 is 0 Å². The number of nitrogens with one attached hydrogen (secondary N) is 1. The maximum atomic E-state index is 9.56. The number of rotatable bonds is 3. The molecule has 0 spiro atoms. The zero-order chi connectivity index (χ0) is 14.9. The van der Waals surface area contributed by atoms with E-state index in [4.69, 9.17) is 11.6 Å². The third-order valence-electron chi connectivity index (χ3n) is 4.04. The number of hydrogen-bond acceptors (Lipinski definition) is 2. The molecule has 0 aromatic heterocycles. The molecule has 0 radical (unpaired) electrons. The third-order valence-corrected chi connectivity index (χ3v) is 5.44.